The van der Waals surface area contributed by atoms with Crippen LogP contribution in [0.3, 0.4) is 0 Å². The molecule has 7 heteroatoms. The van der Waals surface area contributed by atoms with Gasteiger partial charge >= 0.3 is 0 Å². The first-order chi connectivity index (χ1) is 14.2. The van der Waals surface area contributed by atoms with E-state index in [1.54, 1.807) is 24.3 Å². The number of aryl methyl sites for hydroxylation is 3. The molecule has 0 saturated carbocycles. The topological polar surface area (TPSA) is 90.3 Å². The van der Waals surface area contributed by atoms with Gasteiger partial charge < -0.3 is 5.32 Å². The first kappa shape index (κ1) is 22.0. The Labute approximate surface area is 178 Å². The summed E-state index contributed by atoms with van der Waals surface area (Å²) in [5.41, 5.74) is 4.02. The fraction of sp³-hybridized carbons (Fsp3) is 0.391. The summed E-state index contributed by atoms with van der Waals surface area (Å²) in [6.07, 6.45) is 1.61. The lowest BCUT2D eigenvalue weighted by Crippen LogP contribution is -2.44. The Balaban J connectivity index is 1.74. The molecule has 0 bridgehead atoms. The van der Waals surface area contributed by atoms with Gasteiger partial charge in [0.15, 0.2) is 0 Å². The van der Waals surface area contributed by atoms with E-state index < -0.39 is 15.9 Å². The number of piperidine rings is 1. The number of nitrogens with zero attached hydrogens (tertiary/aromatic N) is 2. The molecule has 1 saturated heterocycles. The average molecular weight is 426 g/mol. The number of nitrogens with one attached hydrogen (secondary N) is 1. The van der Waals surface area contributed by atoms with Gasteiger partial charge in [-0.1, -0.05) is 29.8 Å². The van der Waals surface area contributed by atoms with Crippen LogP contribution >= 0.6 is 0 Å². The van der Waals surface area contributed by atoms with Crippen molar-refractivity contribution in [1.82, 2.24) is 4.31 Å². The summed E-state index contributed by atoms with van der Waals surface area (Å²) < 4.78 is 28.1. The Bertz CT molecular complexity index is 1060. The Kier molecular flexibility index (Phi) is 6.59. The summed E-state index contributed by atoms with van der Waals surface area (Å²) in [5, 5.41) is 11.6. The van der Waals surface area contributed by atoms with E-state index in [0.29, 0.717) is 36.4 Å². The molecule has 1 amide bonds. The zero-order valence-corrected chi connectivity index (χ0v) is 18.4. The van der Waals surface area contributed by atoms with Gasteiger partial charge in [0.05, 0.1) is 23.3 Å². The number of nitriles is 1. The Morgan fingerprint density at radius 1 is 1.17 bits per heavy atom. The molecule has 3 rings (SSSR count). The summed E-state index contributed by atoms with van der Waals surface area (Å²) in [4.78, 5) is 13.1. The van der Waals surface area contributed by atoms with E-state index >= 15 is 0 Å². The van der Waals surface area contributed by atoms with Gasteiger partial charge in [-0.25, -0.2) is 8.42 Å². The average Bonchev–Trinajstić information content (AvgIpc) is 2.69. The number of rotatable bonds is 5. The normalized spacial score (nSPS) is 17.3. The first-order valence-corrected chi connectivity index (χ1v) is 11.5. The summed E-state index contributed by atoms with van der Waals surface area (Å²) in [6.45, 7) is 6.17. The molecule has 6 nitrogen and oxygen atoms in total. The second kappa shape index (κ2) is 8.99. The third kappa shape index (κ3) is 4.72. The monoisotopic (exact) mass is 425 g/mol. The van der Waals surface area contributed by atoms with Crippen LogP contribution in [0, 0.1) is 38.0 Å². The van der Waals surface area contributed by atoms with Crippen molar-refractivity contribution in [2.75, 3.05) is 18.4 Å². The highest BCUT2D eigenvalue weighted by Crippen LogP contribution is 2.29. The largest absolute Gasteiger partial charge is 0.326 e. The predicted octanol–water partition coefficient (Wildman–Crippen LogP) is 3.72. The van der Waals surface area contributed by atoms with E-state index in [1.807, 2.05) is 32.9 Å². The third-order valence-corrected chi connectivity index (χ3v) is 7.63. The summed E-state index contributed by atoms with van der Waals surface area (Å²) in [7, 11) is -3.67. The molecule has 1 aliphatic rings. The molecule has 0 unspecified atom stereocenters. The highest BCUT2D eigenvalue weighted by Gasteiger charge is 2.34. The van der Waals surface area contributed by atoms with Crippen LogP contribution in [0.15, 0.2) is 41.3 Å². The van der Waals surface area contributed by atoms with Crippen LogP contribution in [0.2, 0.25) is 0 Å². The van der Waals surface area contributed by atoms with E-state index in [4.69, 9.17) is 5.26 Å². The van der Waals surface area contributed by atoms with Crippen LogP contribution in [0.4, 0.5) is 5.69 Å². The Morgan fingerprint density at radius 3 is 2.40 bits per heavy atom. The SMILES string of the molecule is Cc1cc(C)c(S(=O)(=O)N2CCC[C@@H](C(=O)Nc3ccc(CC#N)cc3)C2)c(C)c1. The number of carbonyl (C=O) groups is 1. The molecule has 2 aromatic carbocycles. The molecule has 1 fully saturated rings. The van der Waals surface area contributed by atoms with Crippen molar-refractivity contribution in [2.24, 2.45) is 5.92 Å². The second-order valence-electron chi connectivity index (χ2n) is 7.95. The molecule has 30 heavy (non-hydrogen) atoms. The maximum absolute atomic E-state index is 13.3. The molecular weight excluding hydrogens is 398 g/mol. The number of carbonyl (C=O) groups excluding carboxylic acids is 1. The van der Waals surface area contributed by atoms with Crippen molar-refractivity contribution < 1.29 is 13.2 Å². The van der Waals surface area contributed by atoms with Gasteiger partial charge in [-0.2, -0.15) is 9.57 Å². The van der Waals surface area contributed by atoms with Crippen molar-refractivity contribution >= 4 is 21.6 Å². The highest BCUT2D eigenvalue weighted by molar-refractivity contribution is 7.89. The van der Waals surface area contributed by atoms with Gasteiger partial charge in [0.25, 0.3) is 0 Å². The van der Waals surface area contributed by atoms with Crippen LogP contribution in [0.1, 0.15) is 35.1 Å². The summed E-state index contributed by atoms with van der Waals surface area (Å²) in [5.74, 6) is -0.585. The van der Waals surface area contributed by atoms with Crippen LogP contribution in [0.5, 0.6) is 0 Å². The van der Waals surface area contributed by atoms with Gasteiger partial charge in [-0.05, 0) is 62.4 Å². The van der Waals surface area contributed by atoms with E-state index in [1.165, 1.54) is 4.31 Å². The number of hydrogen-bond acceptors (Lipinski definition) is 4. The molecule has 0 aliphatic carbocycles. The number of benzene rings is 2. The summed E-state index contributed by atoms with van der Waals surface area (Å²) >= 11 is 0. The number of sulfonamides is 1. The lowest BCUT2D eigenvalue weighted by atomic mass is 9.98. The lowest BCUT2D eigenvalue weighted by Gasteiger charge is -2.32. The van der Waals surface area contributed by atoms with Crippen LogP contribution in [-0.2, 0) is 21.2 Å². The van der Waals surface area contributed by atoms with Gasteiger partial charge in [0.1, 0.15) is 0 Å². The molecule has 0 spiro atoms. The van der Waals surface area contributed by atoms with Crippen LogP contribution in [0.25, 0.3) is 0 Å². The Hall–Kier alpha value is -2.69. The van der Waals surface area contributed by atoms with Gasteiger partial charge in [-0.15, -0.1) is 0 Å². The van der Waals surface area contributed by atoms with Crippen LogP contribution < -0.4 is 5.32 Å². The highest BCUT2D eigenvalue weighted by atomic mass is 32.2. The second-order valence-corrected chi connectivity index (χ2v) is 9.83. The third-order valence-electron chi connectivity index (χ3n) is 5.46. The molecule has 0 radical (unpaired) electrons. The fourth-order valence-electron chi connectivity index (χ4n) is 4.12. The Morgan fingerprint density at radius 2 is 1.80 bits per heavy atom. The minimum Gasteiger partial charge on any atom is -0.326 e. The molecule has 1 atom stereocenters. The molecule has 2 aromatic rings. The quantitative estimate of drug-likeness (QED) is 0.790. The van der Waals surface area contributed by atoms with Gasteiger partial charge in [0.2, 0.25) is 15.9 Å². The minimum absolute atomic E-state index is 0.174. The fourth-order valence-corrected chi connectivity index (χ4v) is 6.05. The lowest BCUT2D eigenvalue weighted by molar-refractivity contribution is -0.120. The van der Waals surface area contributed by atoms with Crippen molar-refractivity contribution in [3.05, 3.63) is 58.7 Å². The maximum Gasteiger partial charge on any atom is 0.243 e. The van der Waals surface area contributed by atoms with Crippen LogP contribution in [-0.4, -0.2) is 31.7 Å². The maximum atomic E-state index is 13.3. The molecule has 158 valence electrons. The molecule has 0 aromatic heterocycles. The number of hydrogen-bond donors (Lipinski definition) is 1. The van der Waals surface area contributed by atoms with Crippen molar-refractivity contribution in [3.8, 4) is 6.07 Å². The van der Waals surface area contributed by atoms with Gasteiger partial charge in [-0.3, -0.25) is 4.79 Å². The number of anilines is 1. The summed E-state index contributed by atoms with van der Waals surface area (Å²) in [6, 6.07) is 13.0. The van der Waals surface area contributed by atoms with E-state index in [0.717, 1.165) is 22.3 Å². The van der Waals surface area contributed by atoms with Crippen molar-refractivity contribution in [2.45, 2.75) is 44.9 Å². The zero-order chi connectivity index (χ0) is 21.9. The standard InChI is InChI=1S/C23H27N3O3S/c1-16-13-17(2)22(18(3)14-16)30(28,29)26-12-4-5-20(15-26)23(27)25-21-8-6-19(7-9-21)10-11-24/h6-9,13-14,20H,4-5,10,12,15H2,1-3H3,(H,25,27)/t20-/m1/s1. The molecule has 1 heterocycles. The smallest absolute Gasteiger partial charge is 0.243 e. The predicted molar refractivity (Wildman–Crippen MR) is 117 cm³/mol. The van der Waals surface area contributed by atoms with Crippen molar-refractivity contribution in [3.63, 3.8) is 0 Å². The van der Waals surface area contributed by atoms with E-state index in [2.05, 4.69) is 11.4 Å². The van der Waals surface area contributed by atoms with Crippen molar-refractivity contribution in [1.29, 1.82) is 5.26 Å². The number of amides is 1. The minimum atomic E-state index is -3.67. The molecule has 1 aliphatic heterocycles. The van der Waals surface area contributed by atoms with Gasteiger partial charge in [0, 0.05) is 18.8 Å². The first-order valence-electron chi connectivity index (χ1n) is 10.1. The molecular formula is C23H27N3O3S. The van der Waals surface area contributed by atoms with E-state index in [-0.39, 0.29) is 12.5 Å². The zero-order valence-electron chi connectivity index (χ0n) is 17.6. The molecule has 1 N–H and O–H groups in total. The van der Waals surface area contributed by atoms with E-state index in [9.17, 15) is 13.2 Å².